The zero-order chi connectivity index (χ0) is 10.5. The van der Waals surface area contributed by atoms with Gasteiger partial charge in [0.15, 0.2) is 0 Å². The predicted octanol–water partition coefficient (Wildman–Crippen LogP) is 0.429. The van der Waals surface area contributed by atoms with Gasteiger partial charge in [-0.05, 0) is 6.92 Å². The van der Waals surface area contributed by atoms with E-state index in [1.165, 1.54) is 7.11 Å². The molecule has 1 unspecified atom stereocenters. The molecule has 2 radical (unpaired) electrons. The van der Waals surface area contributed by atoms with Crippen molar-refractivity contribution in [1.82, 2.24) is 0 Å². The second kappa shape index (κ2) is 5.80. The van der Waals surface area contributed by atoms with Crippen LogP contribution in [0.5, 0.6) is 0 Å². The maximum Gasteiger partial charge on any atom is 0.255 e. The van der Waals surface area contributed by atoms with E-state index in [2.05, 4.69) is 4.74 Å². The summed E-state index contributed by atoms with van der Waals surface area (Å²) in [5.74, 6) is -2.28. The number of ether oxygens (including phenoxy) is 2. The Kier molecular flexibility index (Phi) is 5.88. The van der Waals surface area contributed by atoms with E-state index in [0.717, 1.165) is 0 Å². The summed E-state index contributed by atoms with van der Waals surface area (Å²) in [5, 5.41) is 8.13. The Morgan fingerprint density at radius 3 is 2.54 bits per heavy atom. The lowest BCUT2D eigenvalue weighted by Crippen LogP contribution is -2.42. The molecule has 0 aromatic rings. The molecule has 0 saturated carbocycles. The van der Waals surface area contributed by atoms with Crippen molar-refractivity contribution < 1.29 is 19.0 Å². The van der Waals surface area contributed by atoms with Crippen molar-refractivity contribution in [3.05, 3.63) is 0 Å². The summed E-state index contributed by atoms with van der Waals surface area (Å²) >= 11 is 5.55. The molecule has 0 aliphatic heterocycles. The third kappa shape index (κ3) is 4.81. The Hall–Kier alpha value is 0.165. The number of aliphatic hydroxyl groups is 1. The summed E-state index contributed by atoms with van der Waals surface area (Å²) in [5.41, 5.74) is 0. The summed E-state index contributed by atoms with van der Waals surface area (Å²) in [6, 6.07) is -0.978. The fraction of sp³-hybridized carbons (Fsp3) is 1.00. The largest absolute Gasteiger partial charge is 0.390 e. The van der Waals surface area contributed by atoms with Gasteiger partial charge in [-0.15, -0.1) is 11.6 Å². The second-order valence-corrected chi connectivity index (χ2v) is 3.42. The van der Waals surface area contributed by atoms with E-state index in [0.29, 0.717) is 0 Å². The molecular weight excluding hydrogens is 197 g/mol. The van der Waals surface area contributed by atoms with Gasteiger partial charge in [0.05, 0.1) is 0 Å². The lowest BCUT2D eigenvalue weighted by Gasteiger charge is -2.28. The van der Waals surface area contributed by atoms with Crippen LogP contribution in [0.25, 0.3) is 0 Å². The van der Waals surface area contributed by atoms with Crippen LogP contribution in [-0.4, -0.2) is 50.5 Å². The van der Waals surface area contributed by atoms with Crippen molar-refractivity contribution in [3.8, 4) is 0 Å². The molecule has 6 heteroatoms. The summed E-state index contributed by atoms with van der Waals surface area (Å²) in [4.78, 5) is 0. The van der Waals surface area contributed by atoms with Crippen molar-refractivity contribution in [1.29, 1.82) is 0 Å². The molecule has 1 N–H and O–H groups in total. The highest BCUT2D eigenvalue weighted by molar-refractivity contribution is 6.26. The zero-order valence-electron chi connectivity index (χ0n) is 7.67. The van der Waals surface area contributed by atoms with Crippen LogP contribution in [0, 0.1) is 0 Å². The number of hydrogen-bond donors (Lipinski definition) is 1. The molecule has 0 spiro atoms. The Morgan fingerprint density at radius 2 is 2.23 bits per heavy atom. The third-order valence-corrected chi connectivity index (χ3v) is 1.64. The van der Waals surface area contributed by atoms with E-state index in [1.807, 2.05) is 0 Å². The molecule has 0 amide bonds. The average molecular weight is 210 g/mol. The van der Waals surface area contributed by atoms with Gasteiger partial charge in [0.25, 0.3) is 5.85 Å². The summed E-state index contributed by atoms with van der Waals surface area (Å²) in [6.07, 6.45) is 0. The lowest BCUT2D eigenvalue weighted by atomic mass is 9.97. The molecule has 76 valence electrons. The van der Waals surface area contributed by atoms with Crippen LogP contribution in [0.2, 0.25) is 0 Å². The van der Waals surface area contributed by atoms with E-state index in [-0.39, 0.29) is 6.61 Å². The van der Waals surface area contributed by atoms with Crippen LogP contribution in [-0.2, 0) is 9.47 Å². The molecule has 0 saturated heterocycles. The smallest absolute Gasteiger partial charge is 0.255 e. The third-order valence-electron chi connectivity index (χ3n) is 1.40. The first-order valence-corrected chi connectivity index (χ1v) is 4.25. The van der Waals surface area contributed by atoms with Crippen LogP contribution in [0.15, 0.2) is 0 Å². The van der Waals surface area contributed by atoms with Crippen molar-refractivity contribution in [3.63, 3.8) is 0 Å². The van der Waals surface area contributed by atoms with Crippen LogP contribution in [0.1, 0.15) is 6.92 Å². The minimum absolute atomic E-state index is 0.388. The first-order valence-electron chi connectivity index (χ1n) is 3.81. The molecule has 3 nitrogen and oxygen atoms in total. The summed E-state index contributed by atoms with van der Waals surface area (Å²) in [6.45, 7) is 0.357. The molecule has 0 aromatic heterocycles. The number of alkyl halides is 2. The molecule has 0 aromatic carbocycles. The van der Waals surface area contributed by atoms with Gasteiger partial charge in [-0.1, -0.05) is 0 Å². The van der Waals surface area contributed by atoms with Gasteiger partial charge in [-0.25, -0.2) is 4.39 Å². The monoisotopic (exact) mass is 210 g/mol. The molecule has 0 bridgehead atoms. The molecule has 13 heavy (non-hydrogen) atoms. The highest BCUT2D eigenvalue weighted by Gasteiger charge is 2.32. The molecule has 3 atom stereocenters. The van der Waals surface area contributed by atoms with E-state index in [4.69, 9.17) is 29.3 Å². The minimum atomic E-state index is -2.28. The minimum Gasteiger partial charge on any atom is -0.390 e. The first-order chi connectivity index (χ1) is 5.95. The normalized spacial score (nSPS) is 20.7. The molecule has 0 aliphatic rings. The van der Waals surface area contributed by atoms with Crippen LogP contribution < -0.4 is 0 Å². The highest BCUT2D eigenvalue weighted by Crippen LogP contribution is 2.17. The van der Waals surface area contributed by atoms with E-state index in [1.54, 1.807) is 6.92 Å². The van der Waals surface area contributed by atoms with Gasteiger partial charge in [0.1, 0.15) is 21.1 Å². The number of halogens is 2. The van der Waals surface area contributed by atoms with Crippen molar-refractivity contribution in [2.75, 3.05) is 20.3 Å². The van der Waals surface area contributed by atoms with Gasteiger partial charge < -0.3 is 14.6 Å². The molecular formula is C7H13BClFO3. The summed E-state index contributed by atoms with van der Waals surface area (Å²) < 4.78 is 22.6. The number of hydrogen-bond acceptors (Lipinski definition) is 3. The SMILES string of the molecule is [B]C(O[C@@](F)(CO)COC)[C@H](C)Cl. The van der Waals surface area contributed by atoms with Gasteiger partial charge in [0, 0.05) is 18.5 Å². The topological polar surface area (TPSA) is 38.7 Å². The predicted molar refractivity (Wildman–Crippen MR) is 48.7 cm³/mol. The first kappa shape index (κ1) is 13.2. The number of rotatable bonds is 6. The van der Waals surface area contributed by atoms with E-state index < -0.39 is 23.8 Å². The van der Waals surface area contributed by atoms with Crippen molar-refractivity contribution in [2.45, 2.75) is 24.2 Å². The fourth-order valence-corrected chi connectivity index (χ4v) is 0.722. The lowest BCUT2D eigenvalue weighted by molar-refractivity contribution is -0.206. The van der Waals surface area contributed by atoms with Crippen LogP contribution in [0.4, 0.5) is 4.39 Å². The Labute approximate surface area is 83.6 Å². The van der Waals surface area contributed by atoms with E-state index in [9.17, 15) is 4.39 Å². The average Bonchev–Trinajstić information content (AvgIpc) is 2.04. The van der Waals surface area contributed by atoms with Gasteiger partial charge in [-0.2, -0.15) is 0 Å². The molecule has 0 aliphatic carbocycles. The van der Waals surface area contributed by atoms with Gasteiger partial charge >= 0.3 is 0 Å². The Morgan fingerprint density at radius 1 is 1.69 bits per heavy atom. The van der Waals surface area contributed by atoms with Crippen molar-refractivity contribution >= 4 is 19.4 Å². The quantitative estimate of drug-likeness (QED) is 0.510. The van der Waals surface area contributed by atoms with Gasteiger partial charge in [0.2, 0.25) is 0 Å². The van der Waals surface area contributed by atoms with Crippen molar-refractivity contribution in [2.24, 2.45) is 0 Å². The summed E-state index contributed by atoms with van der Waals surface area (Å²) in [7, 11) is 6.64. The Bertz CT molecular complexity index is 150. The standard InChI is InChI=1S/C7H13BClFO3/c1-5(9)6(8)13-7(10,3-11)4-12-2/h5-6,11H,3-4H2,1-2H3/t5-,6?,7-/m0/s1. The van der Waals surface area contributed by atoms with Gasteiger partial charge in [-0.3, -0.25) is 0 Å². The second-order valence-electron chi connectivity index (χ2n) is 2.73. The highest BCUT2D eigenvalue weighted by atomic mass is 35.5. The van der Waals surface area contributed by atoms with E-state index >= 15 is 0 Å². The molecule has 0 rings (SSSR count). The number of methoxy groups -OCH3 is 1. The maximum atomic E-state index is 13.4. The maximum absolute atomic E-state index is 13.4. The Balaban J connectivity index is 4.09. The number of aliphatic hydroxyl groups excluding tert-OH is 1. The molecule has 0 fully saturated rings. The molecule has 0 heterocycles. The zero-order valence-corrected chi connectivity index (χ0v) is 8.42. The van der Waals surface area contributed by atoms with Crippen LogP contribution >= 0.6 is 11.6 Å². The fourth-order valence-electron chi connectivity index (χ4n) is 0.670. The van der Waals surface area contributed by atoms with Crippen LogP contribution in [0.3, 0.4) is 0 Å².